The number of likely N-dealkylation sites (N-methyl/N-ethyl adjacent to an activating group) is 1. The summed E-state index contributed by atoms with van der Waals surface area (Å²) >= 11 is 6.19. The highest BCUT2D eigenvalue weighted by Crippen LogP contribution is 2.26. The van der Waals surface area contributed by atoms with Crippen molar-refractivity contribution in [2.24, 2.45) is 0 Å². The molecule has 1 atom stereocenters. The Morgan fingerprint density at radius 3 is 3.17 bits per heavy atom. The van der Waals surface area contributed by atoms with Crippen LogP contribution in [0.4, 0.5) is 0 Å². The Labute approximate surface area is 112 Å². The molecule has 1 aromatic carbocycles. The van der Waals surface area contributed by atoms with Gasteiger partial charge in [-0.3, -0.25) is 0 Å². The average Bonchev–Trinajstić information content (AvgIpc) is 2.77. The Bertz CT molecular complexity index is 549. The SMILES string of the molecule is CN1CCNCC1Cc1c[nH]c2c(Cl)cccc12. The lowest BCUT2D eigenvalue weighted by atomic mass is 10.0. The Morgan fingerprint density at radius 2 is 2.33 bits per heavy atom. The Balaban J connectivity index is 1.88. The number of piperazine rings is 1. The van der Waals surface area contributed by atoms with Gasteiger partial charge in [0, 0.05) is 37.3 Å². The summed E-state index contributed by atoms with van der Waals surface area (Å²) in [6, 6.07) is 6.66. The van der Waals surface area contributed by atoms with E-state index in [0.29, 0.717) is 6.04 Å². The third-order valence-corrected chi connectivity index (χ3v) is 4.17. The molecular weight excluding hydrogens is 246 g/mol. The maximum Gasteiger partial charge on any atom is 0.0647 e. The van der Waals surface area contributed by atoms with Gasteiger partial charge in [0.05, 0.1) is 10.5 Å². The molecule has 18 heavy (non-hydrogen) atoms. The minimum Gasteiger partial charge on any atom is -0.360 e. The van der Waals surface area contributed by atoms with Crippen molar-refractivity contribution in [3.05, 3.63) is 35.0 Å². The lowest BCUT2D eigenvalue weighted by molar-refractivity contribution is 0.199. The molecular formula is C14H18ClN3. The number of H-pyrrole nitrogens is 1. The monoisotopic (exact) mass is 263 g/mol. The van der Waals surface area contributed by atoms with E-state index in [0.717, 1.165) is 36.6 Å². The van der Waals surface area contributed by atoms with Crippen molar-refractivity contribution in [2.75, 3.05) is 26.7 Å². The molecule has 1 aromatic heterocycles. The zero-order valence-corrected chi connectivity index (χ0v) is 11.3. The molecule has 1 saturated heterocycles. The van der Waals surface area contributed by atoms with Gasteiger partial charge in [0.15, 0.2) is 0 Å². The largest absolute Gasteiger partial charge is 0.360 e. The van der Waals surface area contributed by atoms with E-state index in [1.807, 2.05) is 12.1 Å². The minimum atomic E-state index is 0.566. The van der Waals surface area contributed by atoms with Gasteiger partial charge in [-0.25, -0.2) is 0 Å². The summed E-state index contributed by atoms with van der Waals surface area (Å²) < 4.78 is 0. The number of hydrogen-bond donors (Lipinski definition) is 2. The van der Waals surface area contributed by atoms with Crippen LogP contribution in [0.15, 0.2) is 24.4 Å². The summed E-state index contributed by atoms with van der Waals surface area (Å²) in [5.41, 5.74) is 2.41. The first-order chi connectivity index (χ1) is 8.75. The fraction of sp³-hybridized carbons (Fsp3) is 0.429. The van der Waals surface area contributed by atoms with Crippen molar-refractivity contribution in [2.45, 2.75) is 12.5 Å². The van der Waals surface area contributed by atoms with Gasteiger partial charge in [-0.2, -0.15) is 0 Å². The Kier molecular flexibility index (Phi) is 3.29. The van der Waals surface area contributed by atoms with Crippen molar-refractivity contribution in [1.29, 1.82) is 0 Å². The maximum absolute atomic E-state index is 6.19. The maximum atomic E-state index is 6.19. The molecule has 2 N–H and O–H groups in total. The Hall–Kier alpha value is -1.03. The van der Waals surface area contributed by atoms with Gasteiger partial charge in [-0.1, -0.05) is 23.7 Å². The van der Waals surface area contributed by atoms with Crippen molar-refractivity contribution in [3.8, 4) is 0 Å². The first-order valence-electron chi connectivity index (χ1n) is 6.41. The summed E-state index contributed by atoms with van der Waals surface area (Å²) in [7, 11) is 2.20. The molecule has 0 radical (unpaired) electrons. The summed E-state index contributed by atoms with van der Waals surface area (Å²) in [5, 5.41) is 5.51. The first kappa shape index (κ1) is 12.0. The molecule has 2 heterocycles. The molecule has 1 aliphatic rings. The molecule has 3 rings (SSSR count). The first-order valence-corrected chi connectivity index (χ1v) is 6.79. The molecule has 0 saturated carbocycles. The quantitative estimate of drug-likeness (QED) is 0.871. The van der Waals surface area contributed by atoms with Crippen molar-refractivity contribution in [1.82, 2.24) is 15.2 Å². The highest BCUT2D eigenvalue weighted by atomic mass is 35.5. The summed E-state index contributed by atoms with van der Waals surface area (Å²) in [6.07, 6.45) is 3.16. The molecule has 3 nitrogen and oxygen atoms in total. The van der Waals surface area contributed by atoms with Crippen LogP contribution in [0.1, 0.15) is 5.56 Å². The van der Waals surface area contributed by atoms with Gasteiger partial charge in [0.2, 0.25) is 0 Å². The summed E-state index contributed by atoms with van der Waals surface area (Å²) in [4.78, 5) is 5.72. The van der Waals surface area contributed by atoms with Crippen LogP contribution in [0.2, 0.25) is 5.02 Å². The minimum absolute atomic E-state index is 0.566. The zero-order valence-electron chi connectivity index (χ0n) is 10.5. The average molecular weight is 264 g/mol. The number of hydrogen-bond acceptors (Lipinski definition) is 2. The number of halogens is 1. The van der Waals surface area contributed by atoms with Crippen LogP contribution >= 0.6 is 11.6 Å². The second kappa shape index (κ2) is 4.92. The molecule has 0 bridgehead atoms. The van der Waals surface area contributed by atoms with Gasteiger partial charge in [-0.15, -0.1) is 0 Å². The fourth-order valence-corrected chi connectivity index (χ4v) is 2.92. The fourth-order valence-electron chi connectivity index (χ4n) is 2.69. The van der Waals surface area contributed by atoms with Crippen LogP contribution in [0.5, 0.6) is 0 Å². The molecule has 0 amide bonds. The number of aromatic nitrogens is 1. The highest BCUT2D eigenvalue weighted by Gasteiger charge is 2.20. The predicted molar refractivity (Wildman–Crippen MR) is 76.3 cm³/mol. The molecule has 0 spiro atoms. The van der Waals surface area contributed by atoms with E-state index in [4.69, 9.17) is 11.6 Å². The second-order valence-electron chi connectivity index (χ2n) is 5.02. The third-order valence-electron chi connectivity index (χ3n) is 3.85. The number of fused-ring (bicyclic) bond motifs is 1. The molecule has 1 unspecified atom stereocenters. The number of para-hydroxylation sites is 1. The number of benzene rings is 1. The summed E-state index contributed by atoms with van der Waals surface area (Å²) in [6.45, 7) is 3.27. The highest BCUT2D eigenvalue weighted by molar-refractivity contribution is 6.35. The molecule has 4 heteroatoms. The molecule has 1 aliphatic heterocycles. The third kappa shape index (κ3) is 2.14. The van der Waals surface area contributed by atoms with Gasteiger partial charge < -0.3 is 15.2 Å². The number of rotatable bonds is 2. The summed E-state index contributed by atoms with van der Waals surface area (Å²) in [5.74, 6) is 0. The van der Waals surface area contributed by atoms with Crippen LogP contribution in [-0.4, -0.2) is 42.6 Å². The van der Waals surface area contributed by atoms with Gasteiger partial charge in [0.1, 0.15) is 0 Å². The van der Waals surface area contributed by atoms with Gasteiger partial charge >= 0.3 is 0 Å². The topological polar surface area (TPSA) is 31.1 Å². The number of aromatic amines is 1. The lowest BCUT2D eigenvalue weighted by Crippen LogP contribution is -2.50. The molecule has 1 fully saturated rings. The second-order valence-corrected chi connectivity index (χ2v) is 5.43. The van der Waals surface area contributed by atoms with Gasteiger partial charge in [-0.05, 0) is 25.1 Å². The van der Waals surface area contributed by atoms with Crippen LogP contribution < -0.4 is 5.32 Å². The smallest absolute Gasteiger partial charge is 0.0647 e. The van der Waals surface area contributed by atoms with E-state index in [9.17, 15) is 0 Å². The van der Waals surface area contributed by atoms with Crippen LogP contribution in [0.3, 0.4) is 0 Å². The lowest BCUT2D eigenvalue weighted by Gasteiger charge is -2.33. The van der Waals surface area contributed by atoms with E-state index in [1.54, 1.807) is 0 Å². The standard InChI is InChI=1S/C14H18ClN3/c1-18-6-5-16-9-11(18)7-10-8-17-14-12(10)3-2-4-13(14)15/h2-4,8,11,16-17H,5-7,9H2,1H3. The molecule has 2 aromatic rings. The molecule has 96 valence electrons. The normalized spacial score (nSPS) is 21.6. The van der Waals surface area contributed by atoms with E-state index >= 15 is 0 Å². The van der Waals surface area contributed by atoms with Crippen LogP contribution in [0.25, 0.3) is 10.9 Å². The van der Waals surface area contributed by atoms with Gasteiger partial charge in [0.25, 0.3) is 0 Å². The van der Waals surface area contributed by atoms with Crippen LogP contribution in [-0.2, 0) is 6.42 Å². The van der Waals surface area contributed by atoms with E-state index in [2.05, 4.69) is 34.5 Å². The van der Waals surface area contributed by atoms with Crippen LogP contribution in [0, 0.1) is 0 Å². The number of nitrogens with zero attached hydrogens (tertiary/aromatic N) is 1. The predicted octanol–water partition coefficient (Wildman–Crippen LogP) is 2.27. The number of nitrogens with one attached hydrogen (secondary N) is 2. The van der Waals surface area contributed by atoms with Crippen molar-refractivity contribution in [3.63, 3.8) is 0 Å². The van der Waals surface area contributed by atoms with Crippen molar-refractivity contribution < 1.29 is 0 Å². The zero-order chi connectivity index (χ0) is 12.5. The Morgan fingerprint density at radius 1 is 1.44 bits per heavy atom. The van der Waals surface area contributed by atoms with Crippen molar-refractivity contribution >= 4 is 22.5 Å². The van der Waals surface area contributed by atoms with E-state index in [1.165, 1.54) is 10.9 Å². The molecule has 0 aliphatic carbocycles. The van der Waals surface area contributed by atoms with E-state index in [-0.39, 0.29) is 0 Å². The van der Waals surface area contributed by atoms with E-state index < -0.39 is 0 Å².